The van der Waals surface area contributed by atoms with Gasteiger partial charge in [0.05, 0.1) is 25.5 Å². The van der Waals surface area contributed by atoms with E-state index in [-0.39, 0.29) is 11.6 Å². The van der Waals surface area contributed by atoms with Crippen LogP contribution in [0.25, 0.3) is 0 Å². The zero-order valence-corrected chi connectivity index (χ0v) is 18.0. The lowest BCUT2D eigenvalue weighted by Crippen LogP contribution is -2.51. The molecule has 6 heteroatoms. The van der Waals surface area contributed by atoms with Crippen LogP contribution in [0.1, 0.15) is 37.7 Å². The Hall–Kier alpha value is -3.28. The van der Waals surface area contributed by atoms with Gasteiger partial charge in [0, 0.05) is 36.0 Å². The van der Waals surface area contributed by atoms with Crippen molar-refractivity contribution in [3.05, 3.63) is 59.3 Å². The number of benzene rings is 2. The number of rotatable bonds is 3. The molecule has 2 aromatic rings. The van der Waals surface area contributed by atoms with Gasteiger partial charge in [-0.3, -0.25) is 10.2 Å². The van der Waals surface area contributed by atoms with Crippen molar-refractivity contribution >= 4 is 23.0 Å². The van der Waals surface area contributed by atoms with Gasteiger partial charge in [-0.05, 0) is 24.5 Å². The monoisotopic (exact) mass is 417 g/mol. The first-order valence-electron chi connectivity index (χ1n) is 10.8. The lowest BCUT2D eigenvalue weighted by molar-refractivity contribution is -0.120. The molecular weight excluding hydrogens is 390 g/mol. The van der Waals surface area contributed by atoms with Crippen LogP contribution in [0.15, 0.2) is 53.7 Å². The maximum Gasteiger partial charge on any atom is 0.194 e. The molecular formula is C25H27N3O3. The third kappa shape index (κ3) is 3.00. The molecule has 160 valence electrons. The van der Waals surface area contributed by atoms with Crippen LogP contribution < -0.4 is 19.7 Å². The van der Waals surface area contributed by atoms with E-state index < -0.39 is 5.54 Å². The van der Waals surface area contributed by atoms with Gasteiger partial charge in [-0.1, -0.05) is 37.5 Å². The second kappa shape index (κ2) is 7.45. The fraction of sp³-hybridized carbons (Fsp3) is 0.360. The van der Waals surface area contributed by atoms with Gasteiger partial charge >= 0.3 is 0 Å². The van der Waals surface area contributed by atoms with Crippen molar-refractivity contribution in [2.75, 3.05) is 24.4 Å². The van der Waals surface area contributed by atoms with Gasteiger partial charge < -0.3 is 19.7 Å². The number of amidine groups is 1. The van der Waals surface area contributed by atoms with E-state index in [1.54, 1.807) is 14.2 Å². The predicted molar refractivity (Wildman–Crippen MR) is 121 cm³/mol. The van der Waals surface area contributed by atoms with Gasteiger partial charge in [-0.2, -0.15) is 0 Å². The van der Waals surface area contributed by atoms with Crippen molar-refractivity contribution in [3.8, 4) is 11.5 Å². The van der Waals surface area contributed by atoms with Gasteiger partial charge in [0.25, 0.3) is 0 Å². The highest BCUT2D eigenvalue weighted by Crippen LogP contribution is 2.47. The van der Waals surface area contributed by atoms with E-state index >= 15 is 0 Å². The van der Waals surface area contributed by atoms with Crippen LogP contribution >= 0.6 is 0 Å². The van der Waals surface area contributed by atoms with Gasteiger partial charge in [-0.15, -0.1) is 0 Å². The molecule has 1 saturated carbocycles. The van der Waals surface area contributed by atoms with E-state index in [0.29, 0.717) is 23.5 Å². The third-order valence-corrected chi connectivity index (χ3v) is 6.79. The number of anilines is 2. The van der Waals surface area contributed by atoms with Crippen LogP contribution in [-0.4, -0.2) is 31.4 Å². The van der Waals surface area contributed by atoms with E-state index in [9.17, 15) is 4.79 Å². The molecule has 0 bridgehead atoms. The summed E-state index contributed by atoms with van der Waals surface area (Å²) in [6, 6.07) is 13.7. The van der Waals surface area contributed by atoms with Crippen molar-refractivity contribution in [2.45, 2.75) is 44.1 Å². The Morgan fingerprint density at radius 3 is 2.32 bits per heavy atom. The van der Waals surface area contributed by atoms with Crippen LogP contribution in [-0.2, 0) is 11.2 Å². The molecule has 0 radical (unpaired) electrons. The van der Waals surface area contributed by atoms with Gasteiger partial charge in [0.1, 0.15) is 22.9 Å². The topological polar surface area (TPSA) is 74.7 Å². The quantitative estimate of drug-likeness (QED) is 0.709. The molecule has 31 heavy (non-hydrogen) atoms. The zero-order chi connectivity index (χ0) is 21.6. The standard InChI is InChI=1S/C25H27N3O3/c1-30-18-13-17(14-19(15-18)31-2)28-24(26)22(23(29)25(28)10-6-3-7-11-25)21-12-16-8-4-5-9-20(16)27-21/h4-5,8-9,13-15,26-27H,3,6-7,10-12H2,1-2H3. The number of carbonyl (C=O) groups excluding carboxylic acids is 1. The Balaban J connectivity index is 1.65. The van der Waals surface area contributed by atoms with Crippen LogP contribution in [0.4, 0.5) is 11.4 Å². The van der Waals surface area contributed by atoms with Crippen LogP contribution in [0, 0.1) is 5.41 Å². The Morgan fingerprint density at radius 1 is 1.00 bits per heavy atom. The second-order valence-corrected chi connectivity index (χ2v) is 8.49. The van der Waals surface area contributed by atoms with Crippen molar-refractivity contribution in [1.82, 2.24) is 0 Å². The van der Waals surface area contributed by atoms with Gasteiger partial charge in [0.15, 0.2) is 5.78 Å². The summed E-state index contributed by atoms with van der Waals surface area (Å²) in [5.74, 6) is 1.62. The van der Waals surface area contributed by atoms with Gasteiger partial charge in [0.2, 0.25) is 0 Å². The zero-order valence-electron chi connectivity index (χ0n) is 18.0. The number of ether oxygens (including phenoxy) is 2. The summed E-state index contributed by atoms with van der Waals surface area (Å²) in [5, 5.41) is 12.6. The summed E-state index contributed by atoms with van der Waals surface area (Å²) in [4.78, 5) is 15.9. The number of Topliss-reactive ketones (excluding diaryl/α,β-unsaturated/α-hetero) is 1. The molecule has 0 amide bonds. The lowest BCUT2D eigenvalue weighted by Gasteiger charge is -2.40. The van der Waals surface area contributed by atoms with Gasteiger partial charge in [-0.25, -0.2) is 0 Å². The number of hydrogen-bond acceptors (Lipinski definition) is 5. The molecule has 3 aliphatic rings. The molecule has 2 fully saturated rings. The molecule has 1 spiro atoms. The van der Waals surface area contributed by atoms with E-state index in [4.69, 9.17) is 14.9 Å². The fourth-order valence-electron chi connectivity index (χ4n) is 5.28. The number of nitrogens with zero attached hydrogens (tertiary/aromatic N) is 1. The first kappa shape index (κ1) is 19.7. The average molecular weight is 418 g/mol. The second-order valence-electron chi connectivity index (χ2n) is 8.49. The predicted octanol–water partition coefficient (Wildman–Crippen LogP) is 4.70. The summed E-state index contributed by atoms with van der Waals surface area (Å²) in [7, 11) is 3.23. The molecule has 6 nitrogen and oxygen atoms in total. The summed E-state index contributed by atoms with van der Waals surface area (Å²) < 4.78 is 11.0. The summed E-state index contributed by atoms with van der Waals surface area (Å²) in [5.41, 5.74) is 3.57. The van der Waals surface area contributed by atoms with Crippen molar-refractivity contribution in [3.63, 3.8) is 0 Å². The maximum atomic E-state index is 14.0. The first-order valence-corrected chi connectivity index (χ1v) is 10.8. The SMILES string of the molecule is COc1cc(OC)cc(N2C(=N)C(=C3Cc4ccccc4N3)C(=O)C23CCCCC3)c1. The highest BCUT2D eigenvalue weighted by atomic mass is 16.5. The molecule has 5 rings (SSSR count). The van der Waals surface area contributed by atoms with Crippen molar-refractivity contribution in [2.24, 2.45) is 0 Å². The number of nitrogens with one attached hydrogen (secondary N) is 2. The molecule has 1 saturated heterocycles. The molecule has 0 unspecified atom stereocenters. The minimum Gasteiger partial charge on any atom is -0.497 e. The van der Waals surface area contributed by atoms with Crippen molar-refractivity contribution < 1.29 is 14.3 Å². The lowest BCUT2D eigenvalue weighted by atomic mass is 9.78. The Bertz CT molecular complexity index is 1050. The minimum atomic E-state index is -0.717. The maximum absolute atomic E-state index is 14.0. The highest BCUT2D eigenvalue weighted by Gasteiger charge is 2.55. The smallest absolute Gasteiger partial charge is 0.194 e. The number of para-hydroxylation sites is 1. The van der Waals surface area contributed by atoms with Crippen LogP contribution in [0.5, 0.6) is 11.5 Å². The number of allylic oxidation sites excluding steroid dienone is 1. The van der Waals surface area contributed by atoms with E-state index in [1.165, 1.54) is 0 Å². The molecule has 2 heterocycles. The summed E-state index contributed by atoms with van der Waals surface area (Å²) in [6.45, 7) is 0. The molecule has 0 aromatic heterocycles. The molecule has 2 aromatic carbocycles. The molecule has 2 N–H and O–H groups in total. The molecule has 2 aliphatic heterocycles. The average Bonchev–Trinajstić information content (AvgIpc) is 3.30. The summed E-state index contributed by atoms with van der Waals surface area (Å²) in [6.07, 6.45) is 5.22. The number of carbonyl (C=O) groups is 1. The molecule has 1 aliphatic carbocycles. The van der Waals surface area contributed by atoms with Crippen LogP contribution in [0.2, 0.25) is 0 Å². The Morgan fingerprint density at radius 2 is 1.68 bits per heavy atom. The Kier molecular flexibility index (Phi) is 4.73. The fourth-order valence-corrected chi connectivity index (χ4v) is 5.28. The molecule has 0 atom stereocenters. The highest BCUT2D eigenvalue weighted by molar-refractivity contribution is 6.37. The number of ketones is 1. The van der Waals surface area contributed by atoms with Crippen LogP contribution in [0.3, 0.4) is 0 Å². The van der Waals surface area contributed by atoms with E-state index in [2.05, 4.69) is 11.4 Å². The summed E-state index contributed by atoms with van der Waals surface area (Å²) >= 11 is 0. The number of fused-ring (bicyclic) bond motifs is 1. The largest absolute Gasteiger partial charge is 0.497 e. The Labute approximate surface area is 182 Å². The minimum absolute atomic E-state index is 0.0642. The first-order chi connectivity index (χ1) is 15.1. The normalized spacial score (nSPS) is 21.9. The van der Waals surface area contributed by atoms with Crippen molar-refractivity contribution in [1.29, 1.82) is 5.41 Å². The third-order valence-electron chi connectivity index (χ3n) is 6.79. The number of methoxy groups -OCH3 is 2. The van der Waals surface area contributed by atoms with E-state index in [1.807, 2.05) is 41.3 Å². The number of hydrogen-bond donors (Lipinski definition) is 2. The van der Waals surface area contributed by atoms with E-state index in [0.717, 1.165) is 54.7 Å².